The third kappa shape index (κ3) is 6.68. The van der Waals surface area contributed by atoms with Gasteiger partial charge in [0.2, 0.25) is 0 Å². The molecule has 2 amide bonds. The first-order valence-corrected chi connectivity index (χ1v) is 14.4. The number of carbonyl (C=O) groups is 2. The third-order valence-corrected chi connectivity index (χ3v) is 7.57. The Morgan fingerprint density at radius 3 is 2.23 bits per heavy atom. The van der Waals surface area contributed by atoms with E-state index in [2.05, 4.69) is 25.5 Å². The molecule has 5 rings (SSSR count). The molecule has 0 unspecified atom stereocenters. The second kappa shape index (κ2) is 12.4. The summed E-state index contributed by atoms with van der Waals surface area (Å²) in [5.41, 5.74) is 1.93. The van der Waals surface area contributed by atoms with E-state index in [0.717, 1.165) is 18.8 Å². The summed E-state index contributed by atoms with van der Waals surface area (Å²) in [7, 11) is 3.58. The molecule has 228 valence electrons. The average molecular weight is 598 g/mol. The smallest absolute Gasteiger partial charge is 0.293 e. The molecule has 0 bridgehead atoms. The summed E-state index contributed by atoms with van der Waals surface area (Å²) in [5.74, 6) is -1.24. The van der Waals surface area contributed by atoms with E-state index in [1.165, 1.54) is 29.1 Å². The van der Waals surface area contributed by atoms with Crippen molar-refractivity contribution in [3.63, 3.8) is 0 Å². The number of halogens is 1. The van der Waals surface area contributed by atoms with E-state index in [0.29, 0.717) is 29.9 Å². The van der Waals surface area contributed by atoms with Crippen LogP contribution in [-0.2, 0) is 12.5 Å². The van der Waals surface area contributed by atoms with E-state index in [9.17, 15) is 14.4 Å². The van der Waals surface area contributed by atoms with Crippen molar-refractivity contribution in [2.45, 2.75) is 26.2 Å². The minimum Gasteiger partial charge on any atom is -0.336 e. The molecule has 3 heterocycles. The Bertz CT molecular complexity index is 1740. The summed E-state index contributed by atoms with van der Waals surface area (Å²) in [6, 6.07) is 14.8. The van der Waals surface area contributed by atoms with Gasteiger partial charge in [-0.25, -0.2) is 9.37 Å². The number of benzene rings is 2. The van der Waals surface area contributed by atoms with Crippen LogP contribution in [0.4, 0.5) is 21.6 Å². The summed E-state index contributed by atoms with van der Waals surface area (Å²) >= 11 is 0. The highest BCUT2D eigenvalue weighted by Crippen LogP contribution is 2.28. The van der Waals surface area contributed by atoms with Gasteiger partial charge in [0, 0.05) is 73.5 Å². The molecule has 2 N–H and O–H groups in total. The molecule has 10 nitrogen and oxygen atoms in total. The van der Waals surface area contributed by atoms with Crippen LogP contribution < -0.4 is 16.2 Å². The molecular formula is C33H36FN7O3. The Morgan fingerprint density at radius 1 is 0.909 bits per heavy atom. The van der Waals surface area contributed by atoms with Gasteiger partial charge >= 0.3 is 0 Å². The van der Waals surface area contributed by atoms with Gasteiger partial charge < -0.3 is 25.0 Å². The van der Waals surface area contributed by atoms with Gasteiger partial charge in [-0.15, -0.1) is 0 Å². The molecule has 0 saturated carbocycles. The Labute approximate surface area is 255 Å². The van der Waals surface area contributed by atoms with Crippen LogP contribution in [0.1, 0.15) is 47.2 Å². The number of aromatic nitrogens is 3. The zero-order chi connectivity index (χ0) is 31.6. The number of likely N-dealkylation sites (N-methyl/N-ethyl adjacent to an activating group) is 1. The SMILES string of the molecule is CN1CCN(C(=O)c2ccc(Nc3nc(-c4cccc(NC(=O)c5ccc(C(C)(C)C)nc5)c4F)cn(C)c3=O)cc2)CC1. The first-order chi connectivity index (χ1) is 20.9. The number of nitrogens with zero attached hydrogens (tertiary/aromatic N) is 5. The number of pyridine rings is 1. The van der Waals surface area contributed by atoms with Crippen molar-refractivity contribution in [1.29, 1.82) is 0 Å². The van der Waals surface area contributed by atoms with Crippen LogP contribution in [0.25, 0.3) is 11.3 Å². The van der Waals surface area contributed by atoms with Gasteiger partial charge in [-0.1, -0.05) is 26.8 Å². The molecule has 0 radical (unpaired) electrons. The number of rotatable bonds is 6. The fourth-order valence-electron chi connectivity index (χ4n) is 4.84. The van der Waals surface area contributed by atoms with Crippen LogP contribution in [0, 0.1) is 5.82 Å². The van der Waals surface area contributed by atoms with Crippen LogP contribution in [0.2, 0.25) is 0 Å². The quantitative estimate of drug-likeness (QED) is 0.333. The largest absolute Gasteiger partial charge is 0.336 e. The summed E-state index contributed by atoms with van der Waals surface area (Å²) in [5, 5.41) is 5.62. The minimum atomic E-state index is -0.691. The van der Waals surface area contributed by atoms with Crippen molar-refractivity contribution in [3.05, 3.63) is 100.0 Å². The highest BCUT2D eigenvalue weighted by Gasteiger charge is 2.21. The fourth-order valence-corrected chi connectivity index (χ4v) is 4.84. The number of aryl methyl sites for hydroxylation is 1. The molecule has 11 heteroatoms. The van der Waals surface area contributed by atoms with Crippen molar-refractivity contribution in [3.8, 4) is 11.3 Å². The summed E-state index contributed by atoms with van der Waals surface area (Å²) < 4.78 is 17.0. The molecule has 1 saturated heterocycles. The Hall–Kier alpha value is -4.90. The molecule has 1 aliphatic rings. The summed E-state index contributed by atoms with van der Waals surface area (Å²) in [4.78, 5) is 51.5. The lowest BCUT2D eigenvalue weighted by atomic mass is 9.91. The molecule has 1 aliphatic heterocycles. The van der Waals surface area contributed by atoms with Gasteiger partial charge in [-0.05, 0) is 55.6 Å². The molecule has 2 aromatic heterocycles. The van der Waals surface area contributed by atoms with Crippen LogP contribution in [0.5, 0.6) is 0 Å². The lowest BCUT2D eigenvalue weighted by molar-refractivity contribution is 0.0664. The number of carbonyl (C=O) groups excluding carboxylic acids is 2. The average Bonchev–Trinajstić information content (AvgIpc) is 3.00. The van der Waals surface area contributed by atoms with Crippen LogP contribution in [-0.4, -0.2) is 69.4 Å². The van der Waals surface area contributed by atoms with E-state index in [-0.39, 0.29) is 34.1 Å². The van der Waals surface area contributed by atoms with Crippen molar-refractivity contribution in [2.75, 3.05) is 43.9 Å². The maximum absolute atomic E-state index is 15.7. The van der Waals surface area contributed by atoms with E-state index in [4.69, 9.17) is 0 Å². The van der Waals surface area contributed by atoms with Crippen LogP contribution >= 0.6 is 0 Å². The minimum absolute atomic E-state index is 0.0120. The van der Waals surface area contributed by atoms with E-state index in [1.807, 2.05) is 32.7 Å². The Morgan fingerprint density at radius 2 is 1.59 bits per heavy atom. The fraction of sp³-hybridized carbons (Fsp3) is 0.303. The van der Waals surface area contributed by atoms with Crippen LogP contribution in [0.15, 0.2) is 71.8 Å². The number of piperazine rings is 1. The summed E-state index contributed by atoms with van der Waals surface area (Å²) in [6.45, 7) is 9.08. The van der Waals surface area contributed by atoms with Crippen LogP contribution in [0.3, 0.4) is 0 Å². The normalized spacial score (nSPS) is 13.9. The van der Waals surface area contributed by atoms with E-state index >= 15 is 4.39 Å². The lowest BCUT2D eigenvalue weighted by Gasteiger charge is -2.32. The van der Waals surface area contributed by atoms with Gasteiger partial charge in [0.05, 0.1) is 16.9 Å². The second-order valence-corrected chi connectivity index (χ2v) is 12.0. The van der Waals surface area contributed by atoms with Gasteiger partial charge in [0.25, 0.3) is 17.4 Å². The molecule has 0 atom stereocenters. The molecule has 44 heavy (non-hydrogen) atoms. The molecule has 4 aromatic rings. The number of hydrogen-bond acceptors (Lipinski definition) is 7. The van der Waals surface area contributed by atoms with Gasteiger partial charge in [-0.3, -0.25) is 19.4 Å². The van der Waals surface area contributed by atoms with Crippen molar-refractivity contribution >= 4 is 29.0 Å². The first-order valence-electron chi connectivity index (χ1n) is 14.4. The van der Waals surface area contributed by atoms with Crippen molar-refractivity contribution in [1.82, 2.24) is 24.3 Å². The van der Waals surface area contributed by atoms with Gasteiger partial charge in [0.1, 0.15) is 0 Å². The van der Waals surface area contributed by atoms with E-state index < -0.39 is 17.3 Å². The highest BCUT2D eigenvalue weighted by molar-refractivity contribution is 6.04. The predicted molar refractivity (Wildman–Crippen MR) is 169 cm³/mol. The molecular weight excluding hydrogens is 561 g/mol. The topological polar surface area (TPSA) is 112 Å². The zero-order valence-electron chi connectivity index (χ0n) is 25.5. The number of anilines is 3. The first kappa shape index (κ1) is 30.6. The zero-order valence-corrected chi connectivity index (χ0v) is 25.5. The second-order valence-electron chi connectivity index (χ2n) is 12.0. The predicted octanol–water partition coefficient (Wildman–Crippen LogP) is 4.66. The number of amides is 2. The summed E-state index contributed by atoms with van der Waals surface area (Å²) in [6.07, 6.45) is 2.91. The Kier molecular flexibility index (Phi) is 8.59. The molecule has 0 spiro atoms. The van der Waals surface area contributed by atoms with Gasteiger partial charge in [0.15, 0.2) is 11.6 Å². The maximum atomic E-state index is 15.7. The standard InChI is InChI=1S/C33H36FN7O3/c1-33(2,3)27-14-11-22(19-35-27)30(42)38-25-8-6-7-24(28(25)34)26-20-40(5)32(44)29(37-26)36-23-12-9-21(10-13-23)31(43)41-17-15-39(4)16-18-41/h6-14,19-20H,15-18H2,1-5H3,(H,36,37)(H,38,42). The molecule has 2 aromatic carbocycles. The van der Waals surface area contributed by atoms with Crippen molar-refractivity contribution < 1.29 is 14.0 Å². The van der Waals surface area contributed by atoms with Gasteiger partial charge in [-0.2, -0.15) is 0 Å². The lowest BCUT2D eigenvalue weighted by Crippen LogP contribution is -2.47. The molecule has 0 aliphatic carbocycles. The third-order valence-electron chi connectivity index (χ3n) is 7.57. The molecule has 1 fully saturated rings. The highest BCUT2D eigenvalue weighted by atomic mass is 19.1. The maximum Gasteiger partial charge on any atom is 0.293 e. The number of hydrogen-bond donors (Lipinski definition) is 2. The number of nitrogens with one attached hydrogen (secondary N) is 2. The van der Waals surface area contributed by atoms with Crippen molar-refractivity contribution in [2.24, 2.45) is 7.05 Å². The Balaban J connectivity index is 1.34. The monoisotopic (exact) mass is 597 g/mol. The van der Waals surface area contributed by atoms with E-state index in [1.54, 1.807) is 49.5 Å².